The van der Waals surface area contributed by atoms with Gasteiger partial charge in [0.25, 0.3) is 0 Å². The first-order chi connectivity index (χ1) is 17.4. The minimum atomic E-state index is -1.00. The molecule has 7 heteroatoms. The van der Waals surface area contributed by atoms with Crippen LogP contribution in [0.25, 0.3) is 0 Å². The second-order valence-electron chi connectivity index (χ2n) is 10.8. The number of benzene rings is 3. The van der Waals surface area contributed by atoms with Gasteiger partial charge in [-0.1, -0.05) is 84.9 Å². The van der Waals surface area contributed by atoms with E-state index in [0.29, 0.717) is 0 Å². The van der Waals surface area contributed by atoms with Crippen molar-refractivity contribution < 1.29 is 18.9 Å². The maximum Gasteiger partial charge on any atom is 0.494 e. The van der Waals surface area contributed by atoms with E-state index in [9.17, 15) is 9.59 Å². The van der Waals surface area contributed by atoms with Crippen LogP contribution in [-0.4, -0.2) is 36.2 Å². The molecule has 0 saturated carbocycles. The monoisotopic (exact) mass is 498 g/mol. The molecule has 0 unspecified atom stereocenters. The van der Waals surface area contributed by atoms with Crippen LogP contribution in [0.4, 0.5) is 0 Å². The van der Waals surface area contributed by atoms with E-state index < -0.39 is 35.7 Å². The molecule has 0 aliphatic carbocycles. The van der Waals surface area contributed by atoms with Crippen LogP contribution < -0.4 is 16.5 Å². The van der Waals surface area contributed by atoms with Crippen LogP contribution in [0.2, 0.25) is 0 Å². The summed E-state index contributed by atoms with van der Waals surface area (Å²) in [5.41, 5.74) is 7.30. The van der Waals surface area contributed by atoms with E-state index in [1.54, 1.807) is 0 Å². The Morgan fingerprint density at radius 1 is 0.838 bits per heavy atom. The number of amides is 2. The third-order valence-corrected chi connectivity index (χ3v) is 7.75. The molecule has 1 atom stereocenters. The van der Waals surface area contributed by atoms with Crippen LogP contribution in [0.1, 0.15) is 51.3 Å². The largest absolute Gasteiger partial charge is 0.494 e. The summed E-state index contributed by atoms with van der Waals surface area (Å²) in [5, 5.41) is 2.93. The Bertz CT molecular complexity index is 1190. The van der Waals surface area contributed by atoms with Crippen LogP contribution in [0.3, 0.4) is 0 Å². The van der Waals surface area contributed by atoms with Crippen LogP contribution in [-0.2, 0) is 30.7 Å². The fourth-order valence-electron chi connectivity index (χ4n) is 4.52. The molecule has 0 aromatic heterocycles. The molecule has 0 bridgehead atoms. The summed E-state index contributed by atoms with van der Waals surface area (Å²) in [6, 6.07) is 25.9. The van der Waals surface area contributed by atoms with Gasteiger partial charge in [-0.15, -0.1) is 0 Å². The van der Waals surface area contributed by atoms with Crippen molar-refractivity contribution in [3.05, 3.63) is 102 Å². The van der Waals surface area contributed by atoms with Gasteiger partial charge in [-0.25, -0.2) is 0 Å². The molecule has 6 nitrogen and oxygen atoms in total. The van der Waals surface area contributed by atoms with E-state index in [0.717, 1.165) is 22.2 Å². The summed E-state index contributed by atoms with van der Waals surface area (Å²) in [4.78, 5) is 26.2. The minimum absolute atomic E-state index is 0.268. The van der Waals surface area contributed by atoms with Crippen LogP contribution >= 0.6 is 0 Å². The second-order valence-corrected chi connectivity index (χ2v) is 10.8. The molecular formula is C30H35BN2O4. The van der Waals surface area contributed by atoms with Crippen LogP contribution in [0.15, 0.2) is 84.9 Å². The molecule has 3 aromatic rings. The van der Waals surface area contributed by atoms with E-state index in [4.69, 9.17) is 15.0 Å². The minimum Gasteiger partial charge on any atom is -0.399 e. The van der Waals surface area contributed by atoms with E-state index in [1.807, 2.05) is 120 Å². The molecule has 1 saturated heterocycles. The molecule has 3 aromatic carbocycles. The lowest BCUT2D eigenvalue weighted by molar-refractivity contribution is -0.129. The molecule has 37 heavy (non-hydrogen) atoms. The first-order valence-electron chi connectivity index (χ1n) is 12.6. The standard InChI is InChI=1S/C30H35BN2O4/c1-28(2)29(3,4)37-31(36-28)24-18-16-21(17-19-24)20-25(26(32)34)33-27(35)30(5,22-12-8-6-9-13-22)23-14-10-7-11-15-23/h6-19,25H,20H2,1-5H3,(H2,32,34)(H,33,35)/t25-/m0/s1. The van der Waals surface area contributed by atoms with Gasteiger partial charge in [-0.3, -0.25) is 9.59 Å². The Labute approximate surface area is 219 Å². The van der Waals surface area contributed by atoms with Gasteiger partial charge in [-0.05, 0) is 56.8 Å². The summed E-state index contributed by atoms with van der Waals surface area (Å²) in [6.07, 6.45) is 0.268. The summed E-state index contributed by atoms with van der Waals surface area (Å²) in [5.74, 6) is -0.880. The highest BCUT2D eigenvalue weighted by Gasteiger charge is 2.51. The predicted octanol–water partition coefficient (Wildman–Crippen LogP) is 3.50. The molecule has 1 aliphatic rings. The van der Waals surface area contributed by atoms with E-state index >= 15 is 0 Å². The molecule has 1 aliphatic heterocycles. The quantitative estimate of drug-likeness (QED) is 0.466. The van der Waals surface area contributed by atoms with Gasteiger partial charge in [-0.2, -0.15) is 0 Å². The summed E-state index contributed by atoms with van der Waals surface area (Å²) in [6.45, 7) is 9.92. The number of primary amides is 1. The molecule has 2 amide bonds. The van der Waals surface area contributed by atoms with Crippen molar-refractivity contribution in [2.24, 2.45) is 5.73 Å². The zero-order valence-electron chi connectivity index (χ0n) is 22.2. The molecule has 0 spiro atoms. The highest BCUT2D eigenvalue weighted by atomic mass is 16.7. The number of nitrogens with two attached hydrogens (primary N) is 1. The lowest BCUT2D eigenvalue weighted by Gasteiger charge is -2.32. The zero-order valence-corrected chi connectivity index (χ0v) is 22.2. The van der Waals surface area contributed by atoms with E-state index in [1.165, 1.54) is 0 Å². The molecule has 3 N–H and O–H groups in total. The first-order valence-corrected chi connectivity index (χ1v) is 12.6. The van der Waals surface area contributed by atoms with Gasteiger partial charge in [0.2, 0.25) is 11.8 Å². The van der Waals surface area contributed by atoms with Crippen molar-refractivity contribution in [3.63, 3.8) is 0 Å². The van der Waals surface area contributed by atoms with Gasteiger partial charge < -0.3 is 20.4 Å². The number of carbonyl (C=O) groups is 2. The van der Waals surface area contributed by atoms with Crippen molar-refractivity contribution in [2.45, 2.75) is 63.7 Å². The van der Waals surface area contributed by atoms with Gasteiger partial charge >= 0.3 is 7.12 Å². The third kappa shape index (κ3) is 5.34. The number of nitrogens with one attached hydrogen (secondary N) is 1. The fraction of sp³-hybridized carbons (Fsp3) is 0.333. The third-order valence-electron chi connectivity index (χ3n) is 7.75. The highest BCUT2D eigenvalue weighted by Crippen LogP contribution is 2.36. The fourth-order valence-corrected chi connectivity index (χ4v) is 4.52. The normalized spacial score (nSPS) is 17.3. The smallest absolute Gasteiger partial charge is 0.399 e. The second kappa shape index (κ2) is 10.2. The Balaban J connectivity index is 1.53. The predicted molar refractivity (Wildman–Crippen MR) is 146 cm³/mol. The maximum atomic E-state index is 13.8. The summed E-state index contributed by atoms with van der Waals surface area (Å²) in [7, 11) is -0.469. The van der Waals surface area contributed by atoms with Crippen molar-refractivity contribution in [1.82, 2.24) is 5.32 Å². The summed E-state index contributed by atoms with van der Waals surface area (Å²) < 4.78 is 12.3. The molecule has 0 radical (unpaired) electrons. The summed E-state index contributed by atoms with van der Waals surface area (Å²) >= 11 is 0. The number of hydrogen-bond donors (Lipinski definition) is 2. The zero-order chi connectivity index (χ0) is 26.8. The molecule has 1 heterocycles. The van der Waals surface area contributed by atoms with Gasteiger partial charge in [0, 0.05) is 6.42 Å². The number of rotatable bonds is 8. The Hall–Kier alpha value is -3.42. The van der Waals surface area contributed by atoms with Crippen molar-refractivity contribution in [2.75, 3.05) is 0 Å². The topological polar surface area (TPSA) is 90.7 Å². The van der Waals surface area contributed by atoms with Crippen molar-refractivity contribution in [3.8, 4) is 0 Å². The van der Waals surface area contributed by atoms with Crippen LogP contribution in [0, 0.1) is 0 Å². The number of hydrogen-bond acceptors (Lipinski definition) is 4. The van der Waals surface area contributed by atoms with Gasteiger partial charge in [0.05, 0.1) is 16.6 Å². The van der Waals surface area contributed by atoms with Gasteiger partial charge in [0.15, 0.2) is 0 Å². The van der Waals surface area contributed by atoms with Crippen LogP contribution in [0.5, 0.6) is 0 Å². The van der Waals surface area contributed by atoms with Crippen molar-refractivity contribution >= 4 is 24.4 Å². The molecule has 1 fully saturated rings. The average Bonchev–Trinajstić information content (AvgIpc) is 3.10. The highest BCUT2D eigenvalue weighted by molar-refractivity contribution is 6.62. The van der Waals surface area contributed by atoms with E-state index in [-0.39, 0.29) is 12.3 Å². The molecular weight excluding hydrogens is 463 g/mol. The Morgan fingerprint density at radius 3 is 1.73 bits per heavy atom. The van der Waals surface area contributed by atoms with Gasteiger partial charge in [0.1, 0.15) is 6.04 Å². The number of carbonyl (C=O) groups excluding carboxylic acids is 2. The maximum absolute atomic E-state index is 13.8. The first kappa shape index (κ1) is 26.6. The lowest BCUT2D eigenvalue weighted by Crippen LogP contribution is -2.52. The van der Waals surface area contributed by atoms with Crippen molar-refractivity contribution in [1.29, 1.82) is 0 Å². The average molecular weight is 498 g/mol. The van der Waals surface area contributed by atoms with E-state index in [2.05, 4.69) is 5.32 Å². The SMILES string of the molecule is CC(C(=O)N[C@@H](Cc1ccc(B2OC(C)(C)C(C)(C)O2)cc1)C(N)=O)(c1ccccc1)c1ccccc1. The lowest BCUT2D eigenvalue weighted by atomic mass is 9.75. The molecule has 192 valence electrons. The molecule has 4 rings (SSSR count). The Morgan fingerprint density at radius 2 is 1.30 bits per heavy atom. The Kier molecular flexibility index (Phi) is 7.31.